The lowest BCUT2D eigenvalue weighted by Crippen LogP contribution is -2.40. The molecule has 0 saturated carbocycles. The molecule has 1 aliphatic rings. The zero-order chi connectivity index (χ0) is 10.7. The Balaban J connectivity index is 2.01. The van der Waals surface area contributed by atoms with E-state index in [0.717, 1.165) is 13.1 Å². The second kappa shape index (κ2) is 4.71. The van der Waals surface area contributed by atoms with Crippen molar-refractivity contribution in [1.29, 1.82) is 0 Å². The SMILES string of the molecule is CC1CN(Cc2ccccc2)C(=O)CS1. The first kappa shape index (κ1) is 10.6. The standard InChI is InChI=1S/C12H15NOS/c1-10-7-13(12(14)9-15-10)8-11-5-3-2-4-6-11/h2-6,10H,7-9H2,1H3. The third kappa shape index (κ3) is 2.75. The van der Waals surface area contributed by atoms with Gasteiger partial charge in [-0.15, -0.1) is 11.8 Å². The van der Waals surface area contributed by atoms with Crippen LogP contribution in [0.25, 0.3) is 0 Å². The molecule has 80 valence electrons. The summed E-state index contributed by atoms with van der Waals surface area (Å²) in [5.41, 5.74) is 1.21. The lowest BCUT2D eigenvalue weighted by Gasteiger charge is -2.30. The van der Waals surface area contributed by atoms with Gasteiger partial charge in [0.1, 0.15) is 0 Å². The van der Waals surface area contributed by atoms with E-state index >= 15 is 0 Å². The molecule has 1 saturated heterocycles. The Bertz CT molecular complexity index is 339. The van der Waals surface area contributed by atoms with Gasteiger partial charge in [0, 0.05) is 18.3 Å². The summed E-state index contributed by atoms with van der Waals surface area (Å²) in [7, 11) is 0. The van der Waals surface area contributed by atoms with Gasteiger partial charge >= 0.3 is 0 Å². The summed E-state index contributed by atoms with van der Waals surface area (Å²) in [6, 6.07) is 10.2. The first-order valence-corrected chi connectivity index (χ1v) is 6.24. The highest BCUT2D eigenvalue weighted by molar-refractivity contribution is 8.00. The smallest absolute Gasteiger partial charge is 0.232 e. The van der Waals surface area contributed by atoms with Crippen LogP contribution in [-0.2, 0) is 11.3 Å². The molecule has 0 aromatic heterocycles. The number of hydrogen-bond donors (Lipinski definition) is 0. The molecule has 1 aromatic carbocycles. The first-order chi connectivity index (χ1) is 7.25. The average molecular weight is 221 g/mol. The Morgan fingerprint density at radius 3 is 2.87 bits per heavy atom. The van der Waals surface area contributed by atoms with E-state index in [0.29, 0.717) is 11.0 Å². The van der Waals surface area contributed by atoms with Crippen LogP contribution in [0, 0.1) is 0 Å². The predicted octanol–water partition coefficient (Wildman–Crippen LogP) is 2.15. The Morgan fingerprint density at radius 2 is 2.13 bits per heavy atom. The molecule has 0 bridgehead atoms. The molecule has 0 spiro atoms. The Labute approximate surface area is 94.7 Å². The van der Waals surface area contributed by atoms with Crippen LogP contribution in [0.1, 0.15) is 12.5 Å². The van der Waals surface area contributed by atoms with Crippen molar-refractivity contribution < 1.29 is 4.79 Å². The van der Waals surface area contributed by atoms with E-state index in [4.69, 9.17) is 0 Å². The van der Waals surface area contributed by atoms with Gasteiger partial charge < -0.3 is 4.90 Å². The highest BCUT2D eigenvalue weighted by Crippen LogP contribution is 2.20. The Morgan fingerprint density at radius 1 is 1.40 bits per heavy atom. The van der Waals surface area contributed by atoms with Gasteiger partial charge in [0.15, 0.2) is 0 Å². The summed E-state index contributed by atoms with van der Waals surface area (Å²) in [6.07, 6.45) is 0. The fraction of sp³-hybridized carbons (Fsp3) is 0.417. The van der Waals surface area contributed by atoms with E-state index < -0.39 is 0 Å². The normalized spacial score (nSPS) is 21.8. The van der Waals surface area contributed by atoms with E-state index in [1.54, 1.807) is 11.8 Å². The van der Waals surface area contributed by atoms with Gasteiger partial charge in [-0.2, -0.15) is 0 Å². The summed E-state index contributed by atoms with van der Waals surface area (Å²) >= 11 is 1.75. The molecule has 15 heavy (non-hydrogen) atoms. The zero-order valence-electron chi connectivity index (χ0n) is 8.85. The quantitative estimate of drug-likeness (QED) is 0.762. The van der Waals surface area contributed by atoms with Crippen molar-refractivity contribution in [1.82, 2.24) is 4.90 Å². The van der Waals surface area contributed by atoms with E-state index in [2.05, 4.69) is 19.1 Å². The molecule has 0 aliphatic carbocycles. The van der Waals surface area contributed by atoms with Crippen molar-refractivity contribution in [2.24, 2.45) is 0 Å². The topological polar surface area (TPSA) is 20.3 Å². The van der Waals surface area contributed by atoms with Crippen LogP contribution in [0.5, 0.6) is 0 Å². The van der Waals surface area contributed by atoms with E-state index in [9.17, 15) is 4.79 Å². The van der Waals surface area contributed by atoms with Crippen LogP contribution in [-0.4, -0.2) is 28.4 Å². The molecule has 3 heteroatoms. The number of nitrogens with zero attached hydrogens (tertiary/aromatic N) is 1. The monoisotopic (exact) mass is 221 g/mol. The lowest BCUT2D eigenvalue weighted by atomic mass is 10.2. The number of amides is 1. The van der Waals surface area contributed by atoms with Crippen molar-refractivity contribution in [3.63, 3.8) is 0 Å². The fourth-order valence-corrected chi connectivity index (χ4v) is 2.62. The third-order valence-corrected chi connectivity index (χ3v) is 3.67. The van der Waals surface area contributed by atoms with Crippen molar-refractivity contribution >= 4 is 17.7 Å². The van der Waals surface area contributed by atoms with Crippen molar-refractivity contribution in [2.75, 3.05) is 12.3 Å². The summed E-state index contributed by atoms with van der Waals surface area (Å²) < 4.78 is 0. The van der Waals surface area contributed by atoms with Gasteiger partial charge in [0.05, 0.1) is 5.75 Å². The molecular formula is C12H15NOS. The number of hydrogen-bond acceptors (Lipinski definition) is 2. The molecule has 1 unspecified atom stereocenters. The van der Waals surface area contributed by atoms with Gasteiger partial charge in [-0.25, -0.2) is 0 Å². The van der Waals surface area contributed by atoms with Gasteiger partial charge in [-0.05, 0) is 5.56 Å². The summed E-state index contributed by atoms with van der Waals surface area (Å²) in [4.78, 5) is 13.6. The van der Waals surface area contributed by atoms with E-state index in [-0.39, 0.29) is 5.91 Å². The third-order valence-electron chi connectivity index (χ3n) is 2.54. The van der Waals surface area contributed by atoms with Gasteiger partial charge in [0.2, 0.25) is 5.91 Å². The number of thioether (sulfide) groups is 1. The van der Waals surface area contributed by atoms with Crippen LogP contribution >= 0.6 is 11.8 Å². The van der Waals surface area contributed by atoms with Crippen LogP contribution in [0.3, 0.4) is 0 Å². The minimum absolute atomic E-state index is 0.266. The maximum Gasteiger partial charge on any atom is 0.232 e. The molecule has 1 atom stereocenters. The number of carbonyl (C=O) groups is 1. The molecule has 1 aromatic rings. The van der Waals surface area contributed by atoms with Gasteiger partial charge in [-0.1, -0.05) is 37.3 Å². The van der Waals surface area contributed by atoms with Crippen LogP contribution in [0.2, 0.25) is 0 Å². The Kier molecular flexibility index (Phi) is 3.31. The highest BCUT2D eigenvalue weighted by atomic mass is 32.2. The summed E-state index contributed by atoms with van der Waals surface area (Å²) in [6.45, 7) is 3.80. The molecule has 0 N–H and O–H groups in total. The molecule has 1 heterocycles. The molecule has 1 fully saturated rings. The number of carbonyl (C=O) groups excluding carboxylic acids is 1. The maximum atomic E-state index is 11.6. The molecular weight excluding hydrogens is 206 g/mol. The number of rotatable bonds is 2. The average Bonchev–Trinajstić information content (AvgIpc) is 2.25. The molecule has 1 amide bonds. The fourth-order valence-electron chi connectivity index (χ4n) is 1.73. The maximum absolute atomic E-state index is 11.6. The van der Waals surface area contributed by atoms with Crippen molar-refractivity contribution in [3.05, 3.63) is 35.9 Å². The van der Waals surface area contributed by atoms with Crippen molar-refractivity contribution in [3.8, 4) is 0 Å². The summed E-state index contributed by atoms with van der Waals surface area (Å²) in [5.74, 6) is 0.899. The zero-order valence-corrected chi connectivity index (χ0v) is 9.67. The van der Waals surface area contributed by atoms with Crippen LogP contribution in [0.15, 0.2) is 30.3 Å². The predicted molar refractivity (Wildman–Crippen MR) is 63.8 cm³/mol. The Hall–Kier alpha value is -0.960. The lowest BCUT2D eigenvalue weighted by molar-refractivity contribution is -0.129. The van der Waals surface area contributed by atoms with Crippen LogP contribution in [0.4, 0.5) is 0 Å². The second-order valence-electron chi connectivity index (χ2n) is 3.88. The summed E-state index contributed by atoms with van der Waals surface area (Å²) in [5, 5.41) is 0.561. The molecule has 0 radical (unpaired) electrons. The highest BCUT2D eigenvalue weighted by Gasteiger charge is 2.22. The molecule has 1 aliphatic heterocycles. The minimum Gasteiger partial charge on any atom is -0.337 e. The van der Waals surface area contributed by atoms with E-state index in [1.165, 1.54) is 5.56 Å². The van der Waals surface area contributed by atoms with Crippen LogP contribution < -0.4 is 0 Å². The molecule has 2 rings (SSSR count). The van der Waals surface area contributed by atoms with Crippen molar-refractivity contribution in [2.45, 2.75) is 18.7 Å². The minimum atomic E-state index is 0.266. The number of benzene rings is 1. The molecule has 2 nitrogen and oxygen atoms in total. The largest absolute Gasteiger partial charge is 0.337 e. The second-order valence-corrected chi connectivity index (χ2v) is 5.31. The first-order valence-electron chi connectivity index (χ1n) is 5.19. The van der Waals surface area contributed by atoms with E-state index in [1.807, 2.05) is 23.1 Å². The van der Waals surface area contributed by atoms with Gasteiger partial charge in [-0.3, -0.25) is 4.79 Å². The van der Waals surface area contributed by atoms with Gasteiger partial charge in [0.25, 0.3) is 0 Å².